The van der Waals surface area contributed by atoms with Crippen molar-refractivity contribution in [1.82, 2.24) is 4.57 Å². The van der Waals surface area contributed by atoms with Crippen LogP contribution in [0, 0.1) is 12.7 Å². The third-order valence-corrected chi connectivity index (χ3v) is 4.08. The maximum atomic E-state index is 13.1. The molecule has 0 aliphatic heterocycles. The van der Waals surface area contributed by atoms with Gasteiger partial charge in [0.25, 0.3) is 0 Å². The topological polar surface area (TPSA) is 18.1 Å². The second-order valence-electron chi connectivity index (χ2n) is 5.78. The van der Waals surface area contributed by atoms with Crippen LogP contribution in [-0.4, -0.2) is 4.57 Å². The molecule has 4 rings (SSSR count). The average Bonchev–Trinajstić information content (AvgIpc) is 3.17. The van der Waals surface area contributed by atoms with E-state index in [1.54, 1.807) is 6.26 Å². The third-order valence-electron chi connectivity index (χ3n) is 4.08. The van der Waals surface area contributed by atoms with Crippen LogP contribution in [0.15, 0.2) is 71.3 Å². The van der Waals surface area contributed by atoms with E-state index in [2.05, 4.69) is 35.8 Å². The monoisotopic (exact) mass is 305 g/mol. The van der Waals surface area contributed by atoms with Crippen LogP contribution in [0.3, 0.4) is 0 Å². The van der Waals surface area contributed by atoms with Gasteiger partial charge in [0.05, 0.1) is 12.0 Å². The van der Waals surface area contributed by atoms with E-state index in [1.807, 2.05) is 24.3 Å². The van der Waals surface area contributed by atoms with Crippen molar-refractivity contribution in [2.24, 2.45) is 0 Å². The van der Waals surface area contributed by atoms with E-state index < -0.39 is 0 Å². The fraction of sp³-hybridized carbons (Fsp3) is 0.100. The number of fused-ring (bicyclic) bond motifs is 1. The molecule has 114 valence electrons. The van der Waals surface area contributed by atoms with Crippen LogP contribution in [0.5, 0.6) is 0 Å². The first-order valence-electron chi connectivity index (χ1n) is 7.59. The second kappa shape index (κ2) is 5.43. The third kappa shape index (κ3) is 2.55. The lowest BCUT2D eigenvalue weighted by Crippen LogP contribution is -2.01. The lowest BCUT2D eigenvalue weighted by atomic mass is 10.2. The molecule has 2 heterocycles. The minimum absolute atomic E-state index is 0.215. The summed E-state index contributed by atoms with van der Waals surface area (Å²) in [6.07, 6.45) is 1.68. The summed E-state index contributed by atoms with van der Waals surface area (Å²) in [4.78, 5) is 0. The second-order valence-corrected chi connectivity index (χ2v) is 5.78. The molecule has 23 heavy (non-hydrogen) atoms. The first-order valence-corrected chi connectivity index (χ1v) is 7.59. The number of halogens is 1. The molecule has 3 heteroatoms. The first-order chi connectivity index (χ1) is 11.2. The van der Waals surface area contributed by atoms with Gasteiger partial charge < -0.3 is 8.98 Å². The Kier molecular flexibility index (Phi) is 3.27. The quantitative estimate of drug-likeness (QED) is 0.496. The lowest BCUT2D eigenvalue weighted by Gasteiger charge is -2.10. The number of hydrogen-bond donors (Lipinski definition) is 0. The molecule has 0 radical (unpaired) electrons. The van der Waals surface area contributed by atoms with E-state index in [0.717, 1.165) is 22.5 Å². The van der Waals surface area contributed by atoms with E-state index in [0.29, 0.717) is 6.54 Å². The Morgan fingerprint density at radius 3 is 2.57 bits per heavy atom. The summed E-state index contributed by atoms with van der Waals surface area (Å²) in [6.45, 7) is 2.76. The van der Waals surface area contributed by atoms with Crippen LogP contribution in [0.25, 0.3) is 22.4 Å². The van der Waals surface area contributed by atoms with Gasteiger partial charge in [0.15, 0.2) is 0 Å². The zero-order valence-corrected chi connectivity index (χ0v) is 12.8. The summed E-state index contributed by atoms with van der Waals surface area (Å²) in [6, 6.07) is 19.0. The molecule has 0 fully saturated rings. The number of furan rings is 1. The molecule has 0 aliphatic rings. The summed E-state index contributed by atoms with van der Waals surface area (Å²) in [5.41, 5.74) is 4.45. The SMILES string of the molecule is Cc1ccc2c(c1)cc(-c1ccco1)n2Cc1ccc(F)cc1. The Bertz CT molecular complexity index is 949. The Balaban J connectivity index is 1.88. The van der Waals surface area contributed by atoms with Gasteiger partial charge in [-0.25, -0.2) is 4.39 Å². The molecule has 2 aromatic heterocycles. The zero-order valence-electron chi connectivity index (χ0n) is 12.8. The molecule has 0 unspecified atom stereocenters. The maximum Gasteiger partial charge on any atom is 0.150 e. The van der Waals surface area contributed by atoms with Gasteiger partial charge in [0.1, 0.15) is 11.6 Å². The van der Waals surface area contributed by atoms with Gasteiger partial charge in [-0.15, -0.1) is 0 Å². The van der Waals surface area contributed by atoms with Gasteiger partial charge >= 0.3 is 0 Å². The van der Waals surface area contributed by atoms with Gasteiger partial charge in [-0.3, -0.25) is 0 Å². The number of aromatic nitrogens is 1. The van der Waals surface area contributed by atoms with Crippen molar-refractivity contribution in [2.45, 2.75) is 13.5 Å². The molecule has 0 saturated carbocycles. The zero-order chi connectivity index (χ0) is 15.8. The van der Waals surface area contributed by atoms with Crippen LogP contribution in [0.4, 0.5) is 4.39 Å². The largest absolute Gasteiger partial charge is 0.463 e. The molecular formula is C20H16FNO. The van der Waals surface area contributed by atoms with E-state index in [-0.39, 0.29) is 5.82 Å². The van der Waals surface area contributed by atoms with Crippen molar-refractivity contribution in [3.8, 4) is 11.5 Å². The molecule has 0 N–H and O–H groups in total. The minimum Gasteiger partial charge on any atom is -0.463 e. The molecular weight excluding hydrogens is 289 g/mol. The highest BCUT2D eigenvalue weighted by Gasteiger charge is 2.13. The molecule has 0 bridgehead atoms. The minimum atomic E-state index is -0.215. The van der Waals surface area contributed by atoms with E-state index >= 15 is 0 Å². The van der Waals surface area contributed by atoms with Crippen molar-refractivity contribution in [2.75, 3.05) is 0 Å². The van der Waals surface area contributed by atoms with E-state index in [9.17, 15) is 4.39 Å². The van der Waals surface area contributed by atoms with Crippen LogP contribution in [0.1, 0.15) is 11.1 Å². The molecule has 0 spiro atoms. The molecule has 0 saturated heterocycles. The average molecular weight is 305 g/mol. The van der Waals surface area contributed by atoms with E-state index in [4.69, 9.17) is 4.42 Å². The van der Waals surface area contributed by atoms with Crippen molar-refractivity contribution in [1.29, 1.82) is 0 Å². The molecule has 4 aromatic rings. The molecule has 0 aliphatic carbocycles. The van der Waals surface area contributed by atoms with Crippen LogP contribution >= 0.6 is 0 Å². The molecule has 0 amide bonds. The van der Waals surface area contributed by atoms with Gasteiger partial charge in [-0.05, 0) is 55.0 Å². The highest BCUT2D eigenvalue weighted by Crippen LogP contribution is 2.30. The Labute approximate surface area is 133 Å². The summed E-state index contributed by atoms with van der Waals surface area (Å²) >= 11 is 0. The van der Waals surface area contributed by atoms with Crippen molar-refractivity contribution < 1.29 is 8.81 Å². The van der Waals surface area contributed by atoms with Crippen molar-refractivity contribution in [3.63, 3.8) is 0 Å². The highest BCUT2D eigenvalue weighted by atomic mass is 19.1. The van der Waals surface area contributed by atoms with Gasteiger partial charge in [0, 0.05) is 17.4 Å². The van der Waals surface area contributed by atoms with Crippen molar-refractivity contribution >= 4 is 10.9 Å². The lowest BCUT2D eigenvalue weighted by molar-refractivity contribution is 0.575. The number of benzene rings is 2. The summed E-state index contributed by atoms with van der Waals surface area (Å²) in [5.74, 6) is 0.619. The maximum absolute atomic E-state index is 13.1. The van der Waals surface area contributed by atoms with Gasteiger partial charge in [0.2, 0.25) is 0 Å². The van der Waals surface area contributed by atoms with Crippen LogP contribution < -0.4 is 0 Å². The summed E-state index contributed by atoms with van der Waals surface area (Å²) in [7, 11) is 0. The summed E-state index contributed by atoms with van der Waals surface area (Å²) in [5, 5.41) is 1.18. The van der Waals surface area contributed by atoms with Crippen LogP contribution in [0.2, 0.25) is 0 Å². The molecule has 0 atom stereocenters. The highest BCUT2D eigenvalue weighted by molar-refractivity contribution is 5.86. The number of aryl methyl sites for hydroxylation is 1. The van der Waals surface area contributed by atoms with Gasteiger partial charge in [-0.2, -0.15) is 0 Å². The molecule has 2 aromatic carbocycles. The first kappa shape index (κ1) is 13.8. The van der Waals surface area contributed by atoms with Crippen molar-refractivity contribution in [3.05, 3.63) is 83.9 Å². The van der Waals surface area contributed by atoms with Crippen LogP contribution in [-0.2, 0) is 6.54 Å². The van der Waals surface area contributed by atoms with Gasteiger partial charge in [-0.1, -0.05) is 23.8 Å². The Morgan fingerprint density at radius 1 is 1.00 bits per heavy atom. The Hall–Kier alpha value is -2.81. The fourth-order valence-electron chi connectivity index (χ4n) is 2.96. The summed E-state index contributed by atoms with van der Waals surface area (Å²) < 4.78 is 20.9. The normalized spacial score (nSPS) is 11.2. The smallest absolute Gasteiger partial charge is 0.150 e. The predicted octanol–water partition coefficient (Wildman–Crippen LogP) is 5.40. The van der Waals surface area contributed by atoms with E-state index in [1.165, 1.54) is 23.1 Å². The molecule has 2 nitrogen and oxygen atoms in total. The number of hydrogen-bond acceptors (Lipinski definition) is 1. The Morgan fingerprint density at radius 2 is 1.83 bits per heavy atom. The fourth-order valence-corrected chi connectivity index (χ4v) is 2.96. The standard InChI is InChI=1S/C20H16FNO/c1-14-4-9-18-16(11-14)12-19(20-3-2-10-23-20)22(18)13-15-5-7-17(21)8-6-15/h2-12H,13H2,1H3. The number of rotatable bonds is 3. The number of nitrogens with zero attached hydrogens (tertiary/aromatic N) is 1. The predicted molar refractivity (Wildman–Crippen MR) is 89.9 cm³/mol.